The first-order chi connectivity index (χ1) is 8.56. The van der Waals surface area contributed by atoms with Crippen LogP contribution in [0.25, 0.3) is 0 Å². The summed E-state index contributed by atoms with van der Waals surface area (Å²) in [5, 5.41) is 0. The van der Waals surface area contributed by atoms with Crippen molar-refractivity contribution in [1.29, 1.82) is 0 Å². The molecule has 0 bridgehead atoms. The lowest BCUT2D eigenvalue weighted by Gasteiger charge is -2.20. The SMILES string of the molecule is COC(=O)C(C)(N)CCCCSc1ccccc1. The number of hydrogen-bond acceptors (Lipinski definition) is 4. The zero-order valence-corrected chi connectivity index (χ0v) is 11.8. The Labute approximate surface area is 113 Å². The van der Waals surface area contributed by atoms with Crippen molar-refractivity contribution in [2.24, 2.45) is 5.73 Å². The molecule has 1 rings (SSSR count). The highest BCUT2D eigenvalue weighted by atomic mass is 32.2. The van der Waals surface area contributed by atoms with Crippen molar-refractivity contribution in [3.8, 4) is 0 Å². The van der Waals surface area contributed by atoms with E-state index in [1.165, 1.54) is 12.0 Å². The molecule has 4 heteroatoms. The van der Waals surface area contributed by atoms with Crippen LogP contribution in [0, 0.1) is 0 Å². The van der Waals surface area contributed by atoms with E-state index in [1.807, 2.05) is 30.0 Å². The molecule has 0 aliphatic heterocycles. The van der Waals surface area contributed by atoms with Gasteiger partial charge in [-0.05, 0) is 37.7 Å². The Morgan fingerprint density at radius 3 is 2.61 bits per heavy atom. The van der Waals surface area contributed by atoms with Crippen molar-refractivity contribution < 1.29 is 9.53 Å². The average molecular weight is 267 g/mol. The molecule has 1 atom stereocenters. The van der Waals surface area contributed by atoms with Gasteiger partial charge in [0.15, 0.2) is 0 Å². The summed E-state index contributed by atoms with van der Waals surface area (Å²) in [7, 11) is 1.37. The topological polar surface area (TPSA) is 52.3 Å². The van der Waals surface area contributed by atoms with Crippen LogP contribution in [0.5, 0.6) is 0 Å². The summed E-state index contributed by atoms with van der Waals surface area (Å²) in [5.41, 5.74) is 5.03. The van der Waals surface area contributed by atoms with Gasteiger partial charge in [0.25, 0.3) is 0 Å². The van der Waals surface area contributed by atoms with Gasteiger partial charge in [0, 0.05) is 4.90 Å². The van der Waals surface area contributed by atoms with Gasteiger partial charge in [-0.3, -0.25) is 4.79 Å². The van der Waals surface area contributed by atoms with E-state index in [1.54, 1.807) is 6.92 Å². The zero-order chi connectivity index (χ0) is 13.4. The molecule has 0 amide bonds. The highest BCUT2D eigenvalue weighted by Crippen LogP contribution is 2.20. The van der Waals surface area contributed by atoms with Gasteiger partial charge in [-0.25, -0.2) is 0 Å². The summed E-state index contributed by atoms with van der Waals surface area (Å²) in [6.45, 7) is 1.73. The second kappa shape index (κ2) is 7.44. The van der Waals surface area contributed by atoms with E-state index in [0.29, 0.717) is 6.42 Å². The standard InChI is InChI=1S/C14H21NO2S/c1-14(15,13(16)17-2)10-6-7-11-18-12-8-4-3-5-9-12/h3-5,8-9H,6-7,10-11,15H2,1-2H3. The fraction of sp³-hybridized carbons (Fsp3) is 0.500. The maximum Gasteiger partial charge on any atom is 0.325 e. The number of methoxy groups -OCH3 is 1. The molecule has 1 unspecified atom stereocenters. The quantitative estimate of drug-likeness (QED) is 0.469. The fourth-order valence-corrected chi connectivity index (χ4v) is 2.57. The molecule has 1 aromatic carbocycles. The number of rotatable bonds is 7. The normalized spacial score (nSPS) is 13.9. The number of carbonyl (C=O) groups excluding carboxylic acids is 1. The molecule has 100 valence electrons. The Morgan fingerprint density at radius 2 is 2.00 bits per heavy atom. The lowest BCUT2D eigenvalue weighted by molar-refractivity contribution is -0.146. The van der Waals surface area contributed by atoms with Crippen molar-refractivity contribution in [3.05, 3.63) is 30.3 Å². The number of thioether (sulfide) groups is 1. The van der Waals surface area contributed by atoms with Gasteiger partial charge in [-0.1, -0.05) is 24.6 Å². The van der Waals surface area contributed by atoms with Crippen molar-refractivity contribution >= 4 is 17.7 Å². The van der Waals surface area contributed by atoms with Crippen LogP contribution < -0.4 is 5.73 Å². The summed E-state index contributed by atoms with van der Waals surface area (Å²) < 4.78 is 4.67. The summed E-state index contributed by atoms with van der Waals surface area (Å²) >= 11 is 1.83. The molecule has 0 fully saturated rings. The third-order valence-electron chi connectivity index (χ3n) is 2.75. The fourth-order valence-electron chi connectivity index (χ4n) is 1.64. The number of ether oxygens (including phenoxy) is 1. The average Bonchev–Trinajstić information content (AvgIpc) is 2.38. The van der Waals surface area contributed by atoms with Crippen LogP contribution in [0.3, 0.4) is 0 Å². The van der Waals surface area contributed by atoms with Crippen LogP contribution in [0.2, 0.25) is 0 Å². The molecule has 0 heterocycles. The minimum atomic E-state index is -0.855. The van der Waals surface area contributed by atoms with E-state index < -0.39 is 5.54 Å². The van der Waals surface area contributed by atoms with Gasteiger partial charge in [0.2, 0.25) is 0 Å². The maximum atomic E-state index is 11.4. The van der Waals surface area contributed by atoms with Crippen LogP contribution in [-0.4, -0.2) is 24.4 Å². The van der Waals surface area contributed by atoms with E-state index in [-0.39, 0.29) is 5.97 Å². The molecule has 18 heavy (non-hydrogen) atoms. The summed E-state index contributed by atoms with van der Waals surface area (Å²) in [6, 6.07) is 10.3. The molecule has 0 saturated carbocycles. The molecule has 0 radical (unpaired) electrons. The predicted octanol–water partition coefficient (Wildman–Crippen LogP) is 2.84. The molecule has 0 aliphatic rings. The first-order valence-corrected chi connectivity index (χ1v) is 7.10. The number of hydrogen-bond donors (Lipinski definition) is 1. The van der Waals surface area contributed by atoms with Gasteiger partial charge >= 0.3 is 5.97 Å². The highest BCUT2D eigenvalue weighted by molar-refractivity contribution is 7.99. The molecule has 0 saturated heterocycles. The van der Waals surface area contributed by atoms with Gasteiger partial charge in [0.05, 0.1) is 7.11 Å². The van der Waals surface area contributed by atoms with E-state index in [4.69, 9.17) is 5.73 Å². The third kappa shape index (κ3) is 5.10. The first-order valence-electron chi connectivity index (χ1n) is 6.11. The van der Waals surface area contributed by atoms with Crippen LogP contribution in [-0.2, 0) is 9.53 Å². The number of carbonyl (C=O) groups is 1. The Bertz CT molecular complexity index is 365. The third-order valence-corrected chi connectivity index (χ3v) is 3.85. The molecule has 0 aromatic heterocycles. The second-order valence-electron chi connectivity index (χ2n) is 4.53. The smallest absolute Gasteiger partial charge is 0.325 e. The summed E-state index contributed by atoms with van der Waals surface area (Å²) in [4.78, 5) is 12.6. The Kier molecular flexibility index (Phi) is 6.22. The first kappa shape index (κ1) is 15.1. The van der Waals surface area contributed by atoms with E-state index in [2.05, 4.69) is 16.9 Å². The molecular weight excluding hydrogens is 246 g/mol. The van der Waals surface area contributed by atoms with E-state index in [9.17, 15) is 4.79 Å². The van der Waals surface area contributed by atoms with Crippen LogP contribution in [0.1, 0.15) is 26.2 Å². The number of unbranched alkanes of at least 4 members (excludes halogenated alkanes) is 1. The second-order valence-corrected chi connectivity index (χ2v) is 5.70. The number of benzene rings is 1. The molecule has 1 aromatic rings. The zero-order valence-electron chi connectivity index (χ0n) is 11.0. The largest absolute Gasteiger partial charge is 0.468 e. The number of esters is 1. The van der Waals surface area contributed by atoms with Gasteiger partial charge in [-0.15, -0.1) is 11.8 Å². The lowest BCUT2D eigenvalue weighted by Crippen LogP contribution is -2.45. The summed E-state index contributed by atoms with van der Waals surface area (Å²) in [5.74, 6) is 0.708. The summed E-state index contributed by atoms with van der Waals surface area (Å²) in [6.07, 6.45) is 2.64. The van der Waals surface area contributed by atoms with Crippen molar-refractivity contribution in [2.75, 3.05) is 12.9 Å². The predicted molar refractivity (Wildman–Crippen MR) is 75.6 cm³/mol. The lowest BCUT2D eigenvalue weighted by atomic mass is 9.97. The van der Waals surface area contributed by atoms with Gasteiger partial charge in [-0.2, -0.15) is 0 Å². The highest BCUT2D eigenvalue weighted by Gasteiger charge is 2.28. The molecule has 2 N–H and O–H groups in total. The monoisotopic (exact) mass is 267 g/mol. The van der Waals surface area contributed by atoms with E-state index in [0.717, 1.165) is 18.6 Å². The minimum Gasteiger partial charge on any atom is -0.468 e. The Balaban J connectivity index is 2.17. The van der Waals surface area contributed by atoms with Gasteiger partial charge in [0.1, 0.15) is 5.54 Å². The van der Waals surface area contributed by atoms with Crippen molar-refractivity contribution in [1.82, 2.24) is 0 Å². The van der Waals surface area contributed by atoms with Crippen LogP contribution in [0.4, 0.5) is 0 Å². The van der Waals surface area contributed by atoms with Crippen LogP contribution in [0.15, 0.2) is 35.2 Å². The van der Waals surface area contributed by atoms with Gasteiger partial charge < -0.3 is 10.5 Å². The Morgan fingerprint density at radius 1 is 1.33 bits per heavy atom. The molecular formula is C14H21NO2S. The molecule has 0 spiro atoms. The maximum absolute atomic E-state index is 11.4. The Hall–Kier alpha value is -1.00. The molecule has 0 aliphatic carbocycles. The molecule has 3 nitrogen and oxygen atoms in total. The van der Waals surface area contributed by atoms with E-state index >= 15 is 0 Å². The minimum absolute atomic E-state index is 0.335. The van der Waals surface area contributed by atoms with Crippen molar-refractivity contribution in [3.63, 3.8) is 0 Å². The number of nitrogens with two attached hydrogens (primary N) is 1. The van der Waals surface area contributed by atoms with Crippen LogP contribution >= 0.6 is 11.8 Å². The van der Waals surface area contributed by atoms with Crippen molar-refractivity contribution in [2.45, 2.75) is 36.6 Å².